The van der Waals surface area contributed by atoms with Gasteiger partial charge in [-0.25, -0.2) is 0 Å². The zero-order chi connectivity index (χ0) is 12.1. The molecule has 1 rings (SSSR count). The van der Waals surface area contributed by atoms with Gasteiger partial charge in [0.05, 0.1) is 17.8 Å². The molecule has 16 heavy (non-hydrogen) atoms. The molecule has 0 aliphatic carbocycles. The Morgan fingerprint density at radius 1 is 1.62 bits per heavy atom. The first-order valence-electron chi connectivity index (χ1n) is 4.79. The van der Waals surface area contributed by atoms with Crippen molar-refractivity contribution in [2.45, 2.75) is 20.4 Å². The maximum Gasteiger partial charge on any atom is 0.242 e. The van der Waals surface area contributed by atoms with Crippen LogP contribution < -0.4 is 5.32 Å². The molecule has 1 amide bonds. The summed E-state index contributed by atoms with van der Waals surface area (Å²) in [5.74, 6) is 2.09. The van der Waals surface area contributed by atoms with Gasteiger partial charge >= 0.3 is 0 Å². The summed E-state index contributed by atoms with van der Waals surface area (Å²) in [5.41, 5.74) is 1.84. The number of nitrogens with one attached hydrogen (secondary N) is 1. The number of aryl methyl sites for hydroxylation is 1. The van der Waals surface area contributed by atoms with Crippen LogP contribution in [0, 0.1) is 26.2 Å². The highest BCUT2D eigenvalue weighted by Gasteiger charge is 2.12. The fraction of sp³-hybridized carbons (Fsp3) is 0.364. The summed E-state index contributed by atoms with van der Waals surface area (Å²) in [7, 11) is 0. The van der Waals surface area contributed by atoms with Gasteiger partial charge in [-0.15, -0.1) is 6.42 Å². The molecule has 0 atom stereocenters. The summed E-state index contributed by atoms with van der Waals surface area (Å²) in [6.07, 6.45) is 5.76. The van der Waals surface area contributed by atoms with Crippen LogP contribution in [0.1, 0.15) is 21.7 Å². The maximum absolute atomic E-state index is 11.4. The van der Waals surface area contributed by atoms with Gasteiger partial charge in [0.2, 0.25) is 5.91 Å². The number of hydrogen-bond acceptors (Lipinski definition) is 3. The van der Waals surface area contributed by atoms with Gasteiger partial charge in [0.25, 0.3) is 0 Å². The lowest BCUT2D eigenvalue weighted by molar-refractivity contribution is -0.121. The Bertz CT molecular complexity index is 455. The van der Waals surface area contributed by atoms with Gasteiger partial charge in [0.15, 0.2) is 6.29 Å². The van der Waals surface area contributed by atoms with Crippen LogP contribution in [0.15, 0.2) is 0 Å². The standard InChI is InChI=1S/C11H13N3O2/c1-4-5-12-11(16)6-14-9(3)10(7-15)8(2)13-14/h1,7H,5-6H2,2-3H3,(H,12,16). The van der Waals surface area contributed by atoms with E-state index in [2.05, 4.69) is 16.3 Å². The topological polar surface area (TPSA) is 64.0 Å². The maximum atomic E-state index is 11.4. The minimum absolute atomic E-state index is 0.0716. The third-order valence-corrected chi connectivity index (χ3v) is 2.24. The van der Waals surface area contributed by atoms with E-state index in [0.29, 0.717) is 17.0 Å². The second kappa shape index (κ2) is 5.12. The number of nitrogens with zero attached hydrogens (tertiary/aromatic N) is 2. The van der Waals surface area contributed by atoms with Crippen LogP contribution in [0.5, 0.6) is 0 Å². The Morgan fingerprint density at radius 3 is 2.81 bits per heavy atom. The second-order valence-electron chi connectivity index (χ2n) is 3.34. The largest absolute Gasteiger partial charge is 0.344 e. The molecule has 84 valence electrons. The Labute approximate surface area is 93.8 Å². The van der Waals surface area contributed by atoms with Crippen LogP contribution in [0.3, 0.4) is 0 Å². The smallest absolute Gasteiger partial charge is 0.242 e. The van der Waals surface area contributed by atoms with Crippen molar-refractivity contribution < 1.29 is 9.59 Å². The Balaban J connectivity index is 2.79. The summed E-state index contributed by atoms with van der Waals surface area (Å²) in [4.78, 5) is 22.1. The summed E-state index contributed by atoms with van der Waals surface area (Å²) < 4.78 is 1.49. The lowest BCUT2D eigenvalue weighted by Gasteiger charge is -2.03. The van der Waals surface area contributed by atoms with E-state index < -0.39 is 0 Å². The van der Waals surface area contributed by atoms with Gasteiger partial charge in [-0.05, 0) is 13.8 Å². The first-order chi connectivity index (χ1) is 7.60. The summed E-state index contributed by atoms with van der Waals surface area (Å²) in [5, 5.41) is 6.63. The molecule has 0 aliphatic rings. The van der Waals surface area contributed by atoms with Crippen LogP contribution in [-0.2, 0) is 11.3 Å². The molecular formula is C11H13N3O2. The molecule has 0 unspecified atom stereocenters. The molecule has 5 nitrogen and oxygen atoms in total. The van der Waals surface area contributed by atoms with E-state index in [1.165, 1.54) is 4.68 Å². The van der Waals surface area contributed by atoms with Crippen molar-refractivity contribution in [1.82, 2.24) is 15.1 Å². The molecule has 0 saturated carbocycles. The Morgan fingerprint density at radius 2 is 2.31 bits per heavy atom. The lowest BCUT2D eigenvalue weighted by atomic mass is 10.2. The van der Waals surface area contributed by atoms with Gasteiger partial charge < -0.3 is 5.32 Å². The molecule has 0 aliphatic heterocycles. The predicted molar refractivity (Wildman–Crippen MR) is 58.9 cm³/mol. The normalized spacial score (nSPS) is 9.56. The minimum atomic E-state index is -0.221. The van der Waals surface area contributed by atoms with Crippen molar-refractivity contribution >= 4 is 12.2 Å². The highest BCUT2D eigenvalue weighted by atomic mass is 16.2. The average Bonchev–Trinajstić information content (AvgIpc) is 2.51. The highest BCUT2D eigenvalue weighted by Crippen LogP contribution is 2.09. The quantitative estimate of drug-likeness (QED) is 0.575. The summed E-state index contributed by atoms with van der Waals surface area (Å²) in [6, 6.07) is 0. The monoisotopic (exact) mass is 219 g/mol. The average molecular weight is 219 g/mol. The third kappa shape index (κ3) is 2.48. The van der Waals surface area contributed by atoms with E-state index in [1.54, 1.807) is 13.8 Å². The molecule has 1 heterocycles. The van der Waals surface area contributed by atoms with Crippen molar-refractivity contribution in [3.05, 3.63) is 17.0 Å². The van der Waals surface area contributed by atoms with Crippen LogP contribution in [-0.4, -0.2) is 28.5 Å². The SMILES string of the molecule is C#CCNC(=O)Cn1nc(C)c(C=O)c1C. The van der Waals surface area contributed by atoms with Crippen molar-refractivity contribution in [3.63, 3.8) is 0 Å². The molecule has 0 radical (unpaired) electrons. The van der Waals surface area contributed by atoms with Gasteiger partial charge in [0.1, 0.15) is 6.54 Å². The molecule has 1 aromatic heterocycles. The van der Waals surface area contributed by atoms with Gasteiger partial charge in [-0.1, -0.05) is 5.92 Å². The van der Waals surface area contributed by atoms with Crippen LogP contribution >= 0.6 is 0 Å². The number of aldehydes is 1. The fourth-order valence-electron chi connectivity index (χ4n) is 1.38. The van der Waals surface area contributed by atoms with Crippen LogP contribution in [0.4, 0.5) is 0 Å². The van der Waals surface area contributed by atoms with Crippen LogP contribution in [0.2, 0.25) is 0 Å². The van der Waals surface area contributed by atoms with E-state index >= 15 is 0 Å². The van der Waals surface area contributed by atoms with Crippen molar-refractivity contribution in [2.24, 2.45) is 0 Å². The molecule has 5 heteroatoms. The van der Waals surface area contributed by atoms with E-state index in [0.717, 1.165) is 6.29 Å². The van der Waals surface area contributed by atoms with Gasteiger partial charge in [-0.2, -0.15) is 5.10 Å². The molecule has 1 N–H and O–H groups in total. The van der Waals surface area contributed by atoms with Crippen molar-refractivity contribution in [1.29, 1.82) is 0 Å². The van der Waals surface area contributed by atoms with Gasteiger partial charge in [-0.3, -0.25) is 14.3 Å². The first kappa shape index (κ1) is 12.0. The number of carbonyl (C=O) groups is 2. The third-order valence-electron chi connectivity index (χ3n) is 2.24. The molecule has 0 fully saturated rings. The second-order valence-corrected chi connectivity index (χ2v) is 3.34. The number of carbonyl (C=O) groups excluding carboxylic acids is 2. The number of terminal acetylenes is 1. The molecule has 0 bridgehead atoms. The van der Waals surface area contributed by atoms with Crippen molar-refractivity contribution in [3.8, 4) is 12.3 Å². The number of amides is 1. The molecular weight excluding hydrogens is 206 g/mol. The zero-order valence-electron chi connectivity index (χ0n) is 9.28. The predicted octanol–water partition coefficient (Wildman–Crippen LogP) is 0.0618. The zero-order valence-corrected chi connectivity index (χ0v) is 9.28. The Kier molecular flexibility index (Phi) is 3.84. The van der Waals surface area contributed by atoms with E-state index in [9.17, 15) is 9.59 Å². The molecule has 0 saturated heterocycles. The van der Waals surface area contributed by atoms with Gasteiger partial charge in [0, 0.05) is 5.69 Å². The molecule has 1 aromatic rings. The lowest BCUT2D eigenvalue weighted by Crippen LogP contribution is -2.28. The molecule has 0 aromatic carbocycles. The fourth-order valence-corrected chi connectivity index (χ4v) is 1.38. The first-order valence-corrected chi connectivity index (χ1v) is 4.79. The number of aromatic nitrogens is 2. The summed E-state index contributed by atoms with van der Waals surface area (Å²) in [6.45, 7) is 3.74. The summed E-state index contributed by atoms with van der Waals surface area (Å²) >= 11 is 0. The minimum Gasteiger partial charge on any atom is -0.344 e. The van der Waals surface area contributed by atoms with E-state index in [4.69, 9.17) is 6.42 Å². The van der Waals surface area contributed by atoms with Crippen molar-refractivity contribution in [2.75, 3.05) is 6.54 Å². The van der Waals surface area contributed by atoms with Crippen LogP contribution in [0.25, 0.3) is 0 Å². The molecule has 0 spiro atoms. The Hall–Kier alpha value is -2.09. The van der Waals surface area contributed by atoms with E-state index in [-0.39, 0.29) is 19.0 Å². The van der Waals surface area contributed by atoms with E-state index in [1.807, 2.05) is 0 Å². The number of hydrogen-bond donors (Lipinski definition) is 1. The number of rotatable bonds is 4. The highest BCUT2D eigenvalue weighted by molar-refractivity contribution is 5.79.